The molecule has 0 aromatic rings. The zero-order valence-corrected chi connectivity index (χ0v) is 7.51. The van der Waals surface area contributed by atoms with Crippen molar-refractivity contribution in [3.63, 3.8) is 0 Å². The van der Waals surface area contributed by atoms with Crippen molar-refractivity contribution in [2.75, 3.05) is 0 Å². The van der Waals surface area contributed by atoms with Crippen LogP contribution in [0.4, 0.5) is 0 Å². The standard InChI is InChI=1S/C7H8OS2/c1-5-3-7(8)4-6(2)10-9-5/h3-4H,1-2H3. The number of rotatable bonds is 0. The molecule has 0 atom stereocenters. The fourth-order valence-electron chi connectivity index (χ4n) is 0.622. The maximum absolute atomic E-state index is 10.9. The van der Waals surface area contributed by atoms with Gasteiger partial charge < -0.3 is 0 Å². The molecule has 0 N–H and O–H groups in total. The van der Waals surface area contributed by atoms with Gasteiger partial charge in [0.25, 0.3) is 0 Å². The van der Waals surface area contributed by atoms with E-state index >= 15 is 0 Å². The van der Waals surface area contributed by atoms with Gasteiger partial charge in [-0.05, 0) is 35.8 Å². The van der Waals surface area contributed by atoms with Crippen LogP contribution in [-0.4, -0.2) is 5.78 Å². The van der Waals surface area contributed by atoms with Crippen molar-refractivity contribution < 1.29 is 4.79 Å². The fourth-order valence-corrected chi connectivity index (χ4v) is 2.29. The Morgan fingerprint density at radius 2 is 1.50 bits per heavy atom. The highest BCUT2D eigenvalue weighted by atomic mass is 33.1. The van der Waals surface area contributed by atoms with E-state index < -0.39 is 0 Å². The molecule has 54 valence electrons. The quantitative estimate of drug-likeness (QED) is 0.523. The van der Waals surface area contributed by atoms with Gasteiger partial charge in [-0.15, -0.1) is 0 Å². The molecular weight excluding hydrogens is 164 g/mol. The van der Waals surface area contributed by atoms with Gasteiger partial charge in [0.05, 0.1) is 0 Å². The van der Waals surface area contributed by atoms with E-state index in [0.717, 1.165) is 9.81 Å². The summed E-state index contributed by atoms with van der Waals surface area (Å²) in [7, 11) is 3.28. The van der Waals surface area contributed by atoms with Gasteiger partial charge in [0.2, 0.25) is 0 Å². The lowest BCUT2D eigenvalue weighted by molar-refractivity contribution is -0.110. The van der Waals surface area contributed by atoms with Gasteiger partial charge in [-0.1, -0.05) is 21.6 Å². The molecule has 10 heavy (non-hydrogen) atoms. The molecule has 0 aromatic carbocycles. The third kappa shape index (κ3) is 2.23. The van der Waals surface area contributed by atoms with Gasteiger partial charge in [-0.25, -0.2) is 0 Å². The van der Waals surface area contributed by atoms with Gasteiger partial charge in [-0.2, -0.15) is 0 Å². The minimum atomic E-state index is 0.104. The molecule has 3 heteroatoms. The van der Waals surface area contributed by atoms with Crippen LogP contribution in [0.15, 0.2) is 22.0 Å². The van der Waals surface area contributed by atoms with E-state index in [-0.39, 0.29) is 5.78 Å². The normalized spacial score (nSPS) is 19.6. The SMILES string of the molecule is CC1=CC(=O)C=C(C)SS1. The topological polar surface area (TPSA) is 17.1 Å². The summed E-state index contributed by atoms with van der Waals surface area (Å²) in [5, 5.41) is 0. The fraction of sp³-hybridized carbons (Fsp3) is 0.286. The molecule has 0 fully saturated rings. The predicted octanol–water partition coefficient (Wildman–Crippen LogP) is 2.76. The van der Waals surface area contributed by atoms with Gasteiger partial charge >= 0.3 is 0 Å². The van der Waals surface area contributed by atoms with Gasteiger partial charge in [0, 0.05) is 0 Å². The minimum Gasteiger partial charge on any atom is -0.290 e. The first-order valence-corrected chi connectivity index (χ1v) is 5.08. The number of ketones is 1. The Morgan fingerprint density at radius 1 is 1.10 bits per heavy atom. The highest BCUT2D eigenvalue weighted by Crippen LogP contribution is 2.37. The van der Waals surface area contributed by atoms with E-state index in [0.29, 0.717) is 0 Å². The van der Waals surface area contributed by atoms with E-state index in [1.54, 1.807) is 33.7 Å². The molecule has 0 unspecified atom stereocenters. The van der Waals surface area contributed by atoms with Crippen LogP contribution in [0.3, 0.4) is 0 Å². The highest BCUT2D eigenvalue weighted by molar-refractivity contribution is 8.79. The summed E-state index contributed by atoms with van der Waals surface area (Å²) in [5.74, 6) is 0.104. The number of carbonyl (C=O) groups is 1. The molecule has 1 aliphatic rings. The second-order valence-corrected chi connectivity index (χ2v) is 4.70. The van der Waals surface area contributed by atoms with Gasteiger partial charge in [-0.3, -0.25) is 4.79 Å². The Kier molecular flexibility index (Phi) is 2.63. The zero-order valence-electron chi connectivity index (χ0n) is 5.88. The first-order valence-electron chi connectivity index (χ1n) is 2.93. The Balaban J connectivity index is 2.80. The molecule has 1 rings (SSSR count). The van der Waals surface area contributed by atoms with Gasteiger partial charge in [0.1, 0.15) is 0 Å². The number of allylic oxidation sites excluding steroid dienone is 4. The van der Waals surface area contributed by atoms with Crippen LogP contribution in [0, 0.1) is 0 Å². The van der Waals surface area contributed by atoms with Crippen LogP contribution in [0.25, 0.3) is 0 Å². The molecule has 0 bridgehead atoms. The van der Waals surface area contributed by atoms with E-state index in [1.165, 1.54) is 0 Å². The summed E-state index contributed by atoms with van der Waals surface area (Å²) in [6.45, 7) is 3.89. The van der Waals surface area contributed by atoms with Crippen molar-refractivity contribution in [2.24, 2.45) is 0 Å². The summed E-state index contributed by atoms with van der Waals surface area (Å²) in [6, 6.07) is 0. The maximum Gasteiger partial charge on any atom is 0.180 e. The van der Waals surface area contributed by atoms with Crippen LogP contribution in [-0.2, 0) is 4.79 Å². The van der Waals surface area contributed by atoms with Crippen LogP contribution in [0.2, 0.25) is 0 Å². The molecule has 0 aliphatic carbocycles. The smallest absolute Gasteiger partial charge is 0.180 e. The lowest BCUT2D eigenvalue weighted by Crippen LogP contribution is -1.84. The molecule has 0 saturated heterocycles. The summed E-state index contributed by atoms with van der Waals surface area (Å²) in [4.78, 5) is 13.1. The van der Waals surface area contributed by atoms with Crippen LogP contribution < -0.4 is 0 Å². The van der Waals surface area contributed by atoms with Gasteiger partial charge in [0.15, 0.2) is 5.78 Å². The summed E-state index contributed by atoms with van der Waals surface area (Å²) < 4.78 is 0. The third-order valence-corrected chi connectivity index (χ3v) is 3.67. The minimum absolute atomic E-state index is 0.104. The molecule has 1 nitrogen and oxygen atoms in total. The second kappa shape index (κ2) is 3.30. The van der Waals surface area contributed by atoms with E-state index in [4.69, 9.17) is 0 Å². The lowest BCUT2D eigenvalue weighted by Gasteiger charge is -1.93. The van der Waals surface area contributed by atoms with Crippen molar-refractivity contribution in [1.82, 2.24) is 0 Å². The molecule has 0 amide bonds. The van der Waals surface area contributed by atoms with Crippen molar-refractivity contribution in [3.05, 3.63) is 22.0 Å². The Bertz CT molecular complexity index is 194. The second-order valence-electron chi connectivity index (χ2n) is 2.08. The number of hydrogen-bond donors (Lipinski definition) is 0. The molecule has 1 aliphatic heterocycles. The largest absolute Gasteiger partial charge is 0.290 e. The Labute approximate surface area is 68.4 Å². The molecule has 0 radical (unpaired) electrons. The highest BCUT2D eigenvalue weighted by Gasteiger charge is 2.03. The molecule has 0 aromatic heterocycles. The van der Waals surface area contributed by atoms with Crippen molar-refractivity contribution >= 4 is 27.4 Å². The Hall–Kier alpha value is -0.150. The van der Waals surface area contributed by atoms with Crippen LogP contribution >= 0.6 is 21.6 Å². The third-order valence-electron chi connectivity index (χ3n) is 0.996. The first kappa shape index (κ1) is 7.95. The lowest BCUT2D eigenvalue weighted by atomic mass is 10.3. The summed E-state index contributed by atoms with van der Waals surface area (Å²) in [5.41, 5.74) is 0. The molecule has 0 saturated carbocycles. The zero-order chi connectivity index (χ0) is 7.56. The van der Waals surface area contributed by atoms with E-state index in [9.17, 15) is 4.79 Å². The number of hydrogen-bond acceptors (Lipinski definition) is 3. The van der Waals surface area contributed by atoms with Crippen molar-refractivity contribution in [2.45, 2.75) is 13.8 Å². The van der Waals surface area contributed by atoms with E-state index in [2.05, 4.69) is 0 Å². The predicted molar refractivity (Wildman–Crippen MR) is 47.7 cm³/mol. The van der Waals surface area contributed by atoms with E-state index in [1.807, 2.05) is 13.8 Å². The summed E-state index contributed by atoms with van der Waals surface area (Å²) in [6.07, 6.45) is 3.32. The Morgan fingerprint density at radius 3 is 1.90 bits per heavy atom. The van der Waals surface area contributed by atoms with Crippen LogP contribution in [0.1, 0.15) is 13.8 Å². The maximum atomic E-state index is 10.9. The molecular formula is C7H8OS2. The van der Waals surface area contributed by atoms with Crippen molar-refractivity contribution in [3.8, 4) is 0 Å². The molecule has 1 heterocycles. The average molecular weight is 172 g/mol. The first-order chi connectivity index (χ1) is 4.68. The monoisotopic (exact) mass is 172 g/mol. The number of carbonyl (C=O) groups excluding carboxylic acids is 1. The van der Waals surface area contributed by atoms with Crippen LogP contribution in [0.5, 0.6) is 0 Å². The molecule has 0 spiro atoms. The summed E-state index contributed by atoms with van der Waals surface area (Å²) >= 11 is 0. The van der Waals surface area contributed by atoms with Crippen molar-refractivity contribution in [1.29, 1.82) is 0 Å². The average Bonchev–Trinajstić information content (AvgIpc) is 1.93.